The molecule has 1 unspecified atom stereocenters. The summed E-state index contributed by atoms with van der Waals surface area (Å²) in [6.07, 6.45) is 6.97. The second kappa shape index (κ2) is 12.9. The van der Waals surface area contributed by atoms with Gasteiger partial charge in [-0.3, -0.25) is 14.4 Å². The maximum absolute atomic E-state index is 12.5. The Morgan fingerprint density at radius 1 is 1.11 bits per heavy atom. The molecule has 5 rings (SSSR count). The number of carboxylic acid groups (broad SMARTS) is 2. The summed E-state index contributed by atoms with van der Waals surface area (Å²) in [6, 6.07) is -0.402. The number of nitrogens with zero attached hydrogens (tertiary/aromatic N) is 1. The van der Waals surface area contributed by atoms with E-state index in [1.807, 2.05) is 33.8 Å². The van der Waals surface area contributed by atoms with Crippen molar-refractivity contribution in [1.29, 1.82) is 0 Å². The summed E-state index contributed by atoms with van der Waals surface area (Å²) < 4.78 is 0. The van der Waals surface area contributed by atoms with Crippen LogP contribution in [0.25, 0.3) is 12.2 Å². The topological polar surface area (TPSA) is 188 Å². The Bertz CT molecular complexity index is 1760. The third-order valence-corrected chi connectivity index (χ3v) is 10.3. The molecule has 0 aliphatic carbocycles. The van der Waals surface area contributed by atoms with Gasteiger partial charge in [0.15, 0.2) is 5.72 Å². The number of hydrogen-bond donors (Lipinski definition) is 9. The van der Waals surface area contributed by atoms with Crippen molar-refractivity contribution in [3.8, 4) is 0 Å². The molecule has 1 aromatic heterocycles. The molecule has 0 bridgehead atoms. The summed E-state index contributed by atoms with van der Waals surface area (Å²) in [5.74, 6) is -4.76. The van der Waals surface area contributed by atoms with Crippen LogP contribution < -0.4 is 21.3 Å². The number of carbonyl (C=O) groups is 3. The first-order valence-corrected chi connectivity index (χ1v) is 16.6. The maximum atomic E-state index is 12.5. The number of hydrogen-bond acceptors (Lipinski definition) is 10. The van der Waals surface area contributed by atoms with Gasteiger partial charge in [-0.1, -0.05) is 20.8 Å². The minimum absolute atomic E-state index is 0.125. The highest BCUT2D eigenvalue weighted by Gasteiger charge is 2.69. The van der Waals surface area contributed by atoms with Crippen LogP contribution in [-0.4, -0.2) is 71.2 Å². The van der Waals surface area contributed by atoms with Gasteiger partial charge in [0.05, 0.1) is 11.7 Å². The minimum atomic E-state index is -1.67. The van der Waals surface area contributed by atoms with E-state index in [0.717, 1.165) is 16.7 Å². The largest absolute Gasteiger partial charge is 0.481 e. The summed E-state index contributed by atoms with van der Waals surface area (Å²) in [4.78, 5) is 44.7. The molecule has 254 valence electrons. The van der Waals surface area contributed by atoms with Crippen molar-refractivity contribution in [2.45, 2.75) is 83.2 Å². The van der Waals surface area contributed by atoms with E-state index >= 15 is 0 Å². The molecule has 4 aliphatic heterocycles. The molecule has 2 saturated heterocycles. The highest BCUT2D eigenvalue weighted by atomic mass is 32.1. The minimum Gasteiger partial charge on any atom is -0.481 e. The van der Waals surface area contributed by atoms with Crippen molar-refractivity contribution in [2.24, 2.45) is 17.8 Å². The van der Waals surface area contributed by atoms with Crippen LogP contribution in [0, 0.1) is 24.7 Å². The molecule has 1 aromatic rings. The normalized spacial score (nSPS) is 32.6. The van der Waals surface area contributed by atoms with Crippen molar-refractivity contribution < 1.29 is 39.6 Å². The second-order valence-corrected chi connectivity index (χ2v) is 13.9. The van der Waals surface area contributed by atoms with Gasteiger partial charge in [-0.25, -0.2) is 4.84 Å². The van der Waals surface area contributed by atoms with E-state index < -0.39 is 35.5 Å². The van der Waals surface area contributed by atoms with Gasteiger partial charge in [-0.2, -0.15) is 30.3 Å². The lowest BCUT2D eigenvalue weighted by Crippen LogP contribution is -2.44. The zero-order valence-electron chi connectivity index (χ0n) is 26.9. The van der Waals surface area contributed by atoms with E-state index in [9.17, 15) is 34.8 Å². The Labute approximate surface area is 283 Å². The Morgan fingerprint density at radius 2 is 1.77 bits per heavy atom. The molecule has 14 heteroatoms. The first-order valence-electron chi connectivity index (χ1n) is 15.6. The number of thiol groups is 2. The van der Waals surface area contributed by atoms with Crippen LogP contribution in [0.5, 0.6) is 0 Å². The number of H-pyrrole nitrogens is 1. The number of aliphatic hydroxyl groups is 2. The summed E-state index contributed by atoms with van der Waals surface area (Å²) in [7, 11) is 0. The highest BCUT2D eigenvalue weighted by Crippen LogP contribution is 2.58. The van der Waals surface area contributed by atoms with Gasteiger partial charge in [0, 0.05) is 57.8 Å². The van der Waals surface area contributed by atoms with Crippen LogP contribution in [0.1, 0.15) is 58.1 Å². The Hall–Kier alpha value is -3.43. The standard InChI is InChI=1S/C33H42N4O8S2/c1-15-20(6-8-28(38)39)25(34-23(15)12-24-16(2)21(10-11-46)31(42)35-24)13-26-22(7-9-29(40)41)17(3)32(43,36-26)14-27-30(19(5)47)18(4)33(44)37(27)45-33/h10-14,17-19,24,30,34,36,43-44,46-47H,6-9H2,1-5H3,(H,35,42)(H,38,39)(H,40,41)/b11-10-,23-12-,25-13+,27-14-/t17?,18-,19+,24-,30+,32+,33+,37?/m1/s1. The SMILES string of the molecule is CC1=C(/C=C\S)C(=O)N[C@@H]1/C=c1\[nH]/c(=C/C2=C(CCC(=O)O)C(C)[C@@](O)(/C=C3/[C@H]([C@H](C)S)[C@@H](C)[C@]4(O)ON34)N2)c(CCC(=O)O)c1C. The number of aromatic amines is 1. The average molecular weight is 687 g/mol. The van der Waals surface area contributed by atoms with Crippen molar-refractivity contribution in [2.75, 3.05) is 0 Å². The number of rotatable bonds is 11. The predicted octanol–water partition coefficient (Wildman–Crippen LogP) is 1.57. The predicted molar refractivity (Wildman–Crippen MR) is 181 cm³/mol. The summed E-state index contributed by atoms with van der Waals surface area (Å²) in [6.45, 7) is 9.29. The van der Waals surface area contributed by atoms with Crippen molar-refractivity contribution in [3.63, 3.8) is 0 Å². The lowest BCUT2D eigenvalue weighted by atomic mass is 9.85. The summed E-state index contributed by atoms with van der Waals surface area (Å²) in [5, 5.41) is 52.2. The number of amides is 1. The molecule has 5 heterocycles. The number of aliphatic carboxylic acids is 2. The summed E-state index contributed by atoms with van der Waals surface area (Å²) >= 11 is 8.73. The van der Waals surface area contributed by atoms with E-state index in [1.165, 1.54) is 10.5 Å². The highest BCUT2D eigenvalue weighted by molar-refractivity contribution is 7.83. The molecule has 12 nitrogen and oxygen atoms in total. The van der Waals surface area contributed by atoms with Crippen molar-refractivity contribution in [1.82, 2.24) is 20.7 Å². The van der Waals surface area contributed by atoms with E-state index in [4.69, 9.17) is 4.84 Å². The van der Waals surface area contributed by atoms with Gasteiger partial charge in [-0.05, 0) is 78.7 Å². The van der Waals surface area contributed by atoms with Crippen LogP contribution in [-0.2, 0) is 25.6 Å². The first kappa shape index (κ1) is 34.9. The molecule has 7 N–H and O–H groups in total. The molecule has 0 saturated carbocycles. The number of nitrogens with one attached hydrogen (secondary N) is 3. The number of hydroxylamine groups is 2. The number of carboxylic acids is 2. The number of fused-ring (bicyclic) bond motifs is 1. The maximum Gasteiger partial charge on any atom is 0.303 e. The number of aromatic nitrogens is 1. The lowest BCUT2D eigenvalue weighted by Gasteiger charge is -2.30. The second-order valence-electron chi connectivity index (χ2n) is 12.8. The van der Waals surface area contributed by atoms with Crippen LogP contribution >= 0.6 is 25.3 Å². The smallest absolute Gasteiger partial charge is 0.303 e. The third kappa shape index (κ3) is 6.41. The van der Waals surface area contributed by atoms with E-state index in [2.05, 4.69) is 40.9 Å². The van der Waals surface area contributed by atoms with E-state index in [-0.39, 0.29) is 48.7 Å². The monoisotopic (exact) mass is 686 g/mol. The molecule has 0 radical (unpaired) electrons. The van der Waals surface area contributed by atoms with Crippen LogP contribution in [0.2, 0.25) is 0 Å². The fraction of sp³-hybridized carbons (Fsp3) is 0.485. The number of allylic oxidation sites excluding steroid dienone is 2. The van der Waals surface area contributed by atoms with Crippen LogP contribution in [0.4, 0.5) is 0 Å². The van der Waals surface area contributed by atoms with Gasteiger partial charge < -0.3 is 36.0 Å². The van der Waals surface area contributed by atoms with Gasteiger partial charge in [0.25, 0.3) is 11.8 Å². The van der Waals surface area contributed by atoms with Crippen molar-refractivity contribution in [3.05, 3.63) is 67.5 Å². The summed E-state index contributed by atoms with van der Waals surface area (Å²) in [5.41, 5.74) is 2.95. The molecular weight excluding hydrogens is 645 g/mol. The molecule has 2 fully saturated rings. The molecule has 4 aliphatic rings. The molecule has 1 amide bonds. The first-order chi connectivity index (χ1) is 22.0. The lowest BCUT2D eigenvalue weighted by molar-refractivity contribution is -0.138. The molecule has 7 atom stereocenters. The Kier molecular flexibility index (Phi) is 9.56. The fourth-order valence-corrected chi connectivity index (χ4v) is 7.59. The Morgan fingerprint density at radius 3 is 2.38 bits per heavy atom. The molecule has 47 heavy (non-hydrogen) atoms. The quantitative estimate of drug-likeness (QED) is 0.122. The van der Waals surface area contributed by atoms with E-state index in [0.29, 0.717) is 33.2 Å². The van der Waals surface area contributed by atoms with Gasteiger partial charge >= 0.3 is 11.9 Å². The zero-order chi connectivity index (χ0) is 34.6. The average Bonchev–Trinajstić information content (AvgIpc) is 3.30. The zero-order valence-corrected chi connectivity index (χ0v) is 28.7. The van der Waals surface area contributed by atoms with E-state index in [1.54, 1.807) is 25.2 Å². The third-order valence-electron chi connectivity index (χ3n) is 9.88. The van der Waals surface area contributed by atoms with Gasteiger partial charge in [0.1, 0.15) is 0 Å². The van der Waals surface area contributed by atoms with Crippen LogP contribution in [0.15, 0.2) is 45.7 Å². The fourth-order valence-electron chi connectivity index (χ4n) is 7.03. The van der Waals surface area contributed by atoms with Gasteiger partial charge in [-0.15, -0.1) is 0 Å². The van der Waals surface area contributed by atoms with Crippen LogP contribution in [0.3, 0.4) is 0 Å². The Balaban J connectivity index is 1.61. The molecule has 0 aromatic carbocycles. The van der Waals surface area contributed by atoms with Gasteiger partial charge in [0.2, 0.25) is 0 Å². The molecule has 0 spiro atoms. The number of carbonyl (C=O) groups excluding carboxylic acids is 1. The van der Waals surface area contributed by atoms with Crippen molar-refractivity contribution >= 4 is 55.3 Å². The molecular formula is C33H42N4O8S2.